The van der Waals surface area contributed by atoms with Crippen LogP contribution in [0.4, 0.5) is 4.39 Å². The Labute approximate surface area is 144 Å². The SMILES string of the molecule is CCN1CCN(CCC(=O)N2CCc3ccc(F)cc3[C@H]2C)CC1. The first-order valence-electron chi connectivity index (χ1n) is 9.11. The molecule has 2 heterocycles. The van der Waals surface area contributed by atoms with Crippen LogP contribution in [0, 0.1) is 5.82 Å². The Morgan fingerprint density at radius 3 is 2.58 bits per heavy atom. The third-order valence-electron chi connectivity index (χ3n) is 5.52. The smallest absolute Gasteiger partial charge is 0.224 e. The van der Waals surface area contributed by atoms with E-state index < -0.39 is 0 Å². The lowest BCUT2D eigenvalue weighted by molar-refractivity contribution is -0.134. The highest BCUT2D eigenvalue weighted by molar-refractivity contribution is 5.77. The van der Waals surface area contributed by atoms with Crippen molar-refractivity contribution in [1.29, 1.82) is 0 Å². The number of halogens is 1. The van der Waals surface area contributed by atoms with Gasteiger partial charge in [0, 0.05) is 45.7 Å². The van der Waals surface area contributed by atoms with Crippen molar-refractivity contribution in [2.24, 2.45) is 0 Å². The number of carbonyl (C=O) groups is 1. The topological polar surface area (TPSA) is 26.8 Å². The van der Waals surface area contributed by atoms with Crippen LogP contribution in [0.1, 0.15) is 37.4 Å². The largest absolute Gasteiger partial charge is 0.336 e. The molecular formula is C19H28FN3O. The summed E-state index contributed by atoms with van der Waals surface area (Å²) in [5, 5.41) is 0. The second-order valence-electron chi connectivity index (χ2n) is 6.88. The molecule has 0 N–H and O–H groups in total. The van der Waals surface area contributed by atoms with E-state index in [1.54, 1.807) is 6.07 Å². The average molecular weight is 333 g/mol. The van der Waals surface area contributed by atoms with Crippen LogP contribution in [0.2, 0.25) is 0 Å². The van der Waals surface area contributed by atoms with Gasteiger partial charge in [0.1, 0.15) is 5.82 Å². The van der Waals surface area contributed by atoms with Crippen molar-refractivity contribution in [3.63, 3.8) is 0 Å². The summed E-state index contributed by atoms with van der Waals surface area (Å²) in [6.07, 6.45) is 1.38. The van der Waals surface area contributed by atoms with Crippen molar-refractivity contribution in [1.82, 2.24) is 14.7 Å². The Bertz CT molecular complexity index is 584. The third-order valence-corrected chi connectivity index (χ3v) is 5.52. The van der Waals surface area contributed by atoms with Gasteiger partial charge in [-0.05, 0) is 43.1 Å². The number of amides is 1. The molecule has 0 bridgehead atoms. The van der Waals surface area contributed by atoms with Gasteiger partial charge in [-0.1, -0.05) is 13.0 Å². The number of likely N-dealkylation sites (N-methyl/N-ethyl adjacent to an activating group) is 1. The molecule has 0 aromatic heterocycles. The second kappa shape index (κ2) is 7.62. The summed E-state index contributed by atoms with van der Waals surface area (Å²) in [5.74, 6) is -0.0287. The predicted octanol–water partition coefficient (Wildman–Crippen LogP) is 2.30. The molecule has 1 saturated heterocycles. The molecule has 0 unspecified atom stereocenters. The zero-order valence-electron chi connectivity index (χ0n) is 14.8. The van der Waals surface area contributed by atoms with Crippen LogP contribution in [-0.2, 0) is 11.2 Å². The first-order chi connectivity index (χ1) is 11.6. The van der Waals surface area contributed by atoms with Crippen LogP contribution < -0.4 is 0 Å². The molecule has 1 aromatic carbocycles. The lowest BCUT2D eigenvalue weighted by Gasteiger charge is -2.37. The van der Waals surface area contributed by atoms with Crippen molar-refractivity contribution in [3.05, 3.63) is 35.1 Å². The molecule has 1 amide bonds. The van der Waals surface area contributed by atoms with Gasteiger partial charge in [-0.25, -0.2) is 4.39 Å². The van der Waals surface area contributed by atoms with E-state index in [-0.39, 0.29) is 17.8 Å². The monoisotopic (exact) mass is 333 g/mol. The quantitative estimate of drug-likeness (QED) is 0.846. The van der Waals surface area contributed by atoms with Crippen molar-refractivity contribution < 1.29 is 9.18 Å². The molecule has 1 atom stereocenters. The van der Waals surface area contributed by atoms with Crippen LogP contribution >= 0.6 is 0 Å². The number of fused-ring (bicyclic) bond motifs is 1. The number of nitrogens with zero attached hydrogens (tertiary/aromatic N) is 3. The number of piperazine rings is 1. The predicted molar refractivity (Wildman–Crippen MR) is 93.4 cm³/mol. The lowest BCUT2D eigenvalue weighted by atomic mass is 9.93. The number of carbonyl (C=O) groups excluding carboxylic acids is 1. The van der Waals surface area contributed by atoms with Crippen LogP contribution in [0.5, 0.6) is 0 Å². The van der Waals surface area contributed by atoms with Crippen LogP contribution in [0.3, 0.4) is 0 Å². The Hall–Kier alpha value is -1.46. The van der Waals surface area contributed by atoms with Gasteiger partial charge < -0.3 is 14.7 Å². The molecule has 1 aromatic rings. The molecular weight excluding hydrogens is 305 g/mol. The summed E-state index contributed by atoms with van der Waals surface area (Å²) in [6.45, 7) is 11.2. The van der Waals surface area contributed by atoms with E-state index in [2.05, 4.69) is 16.7 Å². The van der Waals surface area contributed by atoms with E-state index in [4.69, 9.17) is 0 Å². The number of benzene rings is 1. The highest BCUT2D eigenvalue weighted by Crippen LogP contribution is 2.30. The van der Waals surface area contributed by atoms with Crippen molar-refractivity contribution >= 4 is 5.91 Å². The zero-order valence-corrected chi connectivity index (χ0v) is 14.8. The summed E-state index contributed by atoms with van der Waals surface area (Å²) in [4.78, 5) is 19.4. The fourth-order valence-corrected chi connectivity index (χ4v) is 3.85. The molecule has 5 heteroatoms. The van der Waals surface area contributed by atoms with Gasteiger partial charge in [0.25, 0.3) is 0 Å². The average Bonchev–Trinajstić information content (AvgIpc) is 2.61. The molecule has 3 rings (SSSR count). The van der Waals surface area contributed by atoms with Crippen LogP contribution in [0.25, 0.3) is 0 Å². The van der Waals surface area contributed by atoms with Gasteiger partial charge in [0.15, 0.2) is 0 Å². The number of rotatable bonds is 4. The van der Waals surface area contributed by atoms with E-state index >= 15 is 0 Å². The van der Waals surface area contributed by atoms with Crippen molar-refractivity contribution in [2.75, 3.05) is 45.8 Å². The maximum atomic E-state index is 13.5. The first-order valence-corrected chi connectivity index (χ1v) is 9.11. The minimum atomic E-state index is -0.219. The van der Waals surface area contributed by atoms with E-state index in [0.29, 0.717) is 6.42 Å². The van der Waals surface area contributed by atoms with Crippen LogP contribution in [-0.4, -0.2) is 66.4 Å². The second-order valence-corrected chi connectivity index (χ2v) is 6.88. The Morgan fingerprint density at radius 2 is 1.88 bits per heavy atom. The van der Waals surface area contributed by atoms with Gasteiger partial charge in [-0.15, -0.1) is 0 Å². The van der Waals surface area contributed by atoms with Gasteiger partial charge in [0.2, 0.25) is 5.91 Å². The number of hydrogen-bond donors (Lipinski definition) is 0. The molecule has 4 nitrogen and oxygen atoms in total. The molecule has 0 spiro atoms. The minimum absolute atomic E-state index is 0.0334. The molecule has 132 valence electrons. The zero-order chi connectivity index (χ0) is 17.1. The molecule has 2 aliphatic heterocycles. The van der Waals surface area contributed by atoms with Gasteiger partial charge >= 0.3 is 0 Å². The Kier molecular flexibility index (Phi) is 5.51. The fraction of sp³-hybridized carbons (Fsp3) is 0.632. The third kappa shape index (κ3) is 3.78. The van der Waals surface area contributed by atoms with Gasteiger partial charge in [-0.2, -0.15) is 0 Å². The Balaban J connectivity index is 1.54. The summed E-state index contributed by atoms with van der Waals surface area (Å²) < 4.78 is 13.5. The van der Waals surface area contributed by atoms with Gasteiger partial charge in [-0.3, -0.25) is 4.79 Å². The summed E-state index contributed by atoms with van der Waals surface area (Å²) in [6, 6.07) is 4.92. The van der Waals surface area contributed by atoms with E-state index in [9.17, 15) is 9.18 Å². The van der Waals surface area contributed by atoms with Crippen molar-refractivity contribution in [2.45, 2.75) is 32.7 Å². The maximum absolute atomic E-state index is 13.5. The van der Waals surface area contributed by atoms with Crippen LogP contribution in [0.15, 0.2) is 18.2 Å². The summed E-state index contributed by atoms with van der Waals surface area (Å²) in [5.41, 5.74) is 2.13. The highest BCUT2D eigenvalue weighted by Gasteiger charge is 2.28. The normalized spacial score (nSPS) is 22.5. The minimum Gasteiger partial charge on any atom is -0.336 e. The fourth-order valence-electron chi connectivity index (χ4n) is 3.85. The van der Waals surface area contributed by atoms with E-state index in [1.807, 2.05) is 17.9 Å². The molecule has 0 saturated carbocycles. The summed E-state index contributed by atoms with van der Waals surface area (Å²) in [7, 11) is 0. The molecule has 0 aliphatic carbocycles. The molecule has 0 radical (unpaired) electrons. The molecule has 24 heavy (non-hydrogen) atoms. The Morgan fingerprint density at radius 1 is 1.17 bits per heavy atom. The first kappa shape index (κ1) is 17.4. The molecule has 2 aliphatic rings. The maximum Gasteiger partial charge on any atom is 0.224 e. The van der Waals surface area contributed by atoms with E-state index in [1.165, 1.54) is 11.6 Å². The van der Waals surface area contributed by atoms with Crippen molar-refractivity contribution in [3.8, 4) is 0 Å². The summed E-state index contributed by atoms with van der Waals surface area (Å²) >= 11 is 0. The standard InChI is InChI=1S/C19H28FN3O/c1-3-21-10-12-22(13-11-21)8-7-19(24)23-9-6-16-4-5-17(20)14-18(16)15(23)2/h4-5,14-15H,3,6-13H2,1-2H3/t15-/m1/s1. The number of hydrogen-bond acceptors (Lipinski definition) is 3. The highest BCUT2D eigenvalue weighted by atomic mass is 19.1. The van der Waals surface area contributed by atoms with E-state index in [0.717, 1.165) is 57.8 Å². The lowest BCUT2D eigenvalue weighted by Crippen LogP contribution is -2.47. The van der Waals surface area contributed by atoms with Gasteiger partial charge in [0.05, 0.1) is 6.04 Å². The molecule has 1 fully saturated rings.